The Morgan fingerprint density at radius 1 is 1.33 bits per heavy atom. The Morgan fingerprint density at radius 2 is 2.07 bits per heavy atom. The van der Waals surface area contributed by atoms with Crippen LogP contribution in [0, 0.1) is 11.8 Å². The van der Waals surface area contributed by atoms with E-state index in [0.29, 0.717) is 17.1 Å². The van der Waals surface area contributed by atoms with Crippen LogP contribution in [-0.2, 0) is 6.54 Å². The molecule has 2 aromatic heterocycles. The van der Waals surface area contributed by atoms with Crippen molar-refractivity contribution in [1.82, 2.24) is 20.1 Å². The number of nitrogens with one attached hydrogen (secondary N) is 1. The second-order valence-corrected chi connectivity index (χ2v) is 6.21. The van der Waals surface area contributed by atoms with Gasteiger partial charge in [-0.3, -0.25) is 14.7 Å². The summed E-state index contributed by atoms with van der Waals surface area (Å²) in [7, 11) is 1.59. The third-order valence-corrected chi connectivity index (χ3v) is 4.07. The minimum absolute atomic E-state index is 0.206. The van der Waals surface area contributed by atoms with E-state index in [4.69, 9.17) is 16.7 Å². The first-order chi connectivity index (χ1) is 13.0. The SMILES string of the molecule is CN(Cc1ccc(Cl)cc1)C(=O)c1n[nH]c2ncc(C#CCO)cc2c1=O. The van der Waals surface area contributed by atoms with Crippen molar-refractivity contribution in [1.29, 1.82) is 0 Å². The number of aromatic amines is 1. The molecule has 0 bridgehead atoms. The van der Waals surface area contributed by atoms with Crippen molar-refractivity contribution < 1.29 is 9.90 Å². The lowest BCUT2D eigenvalue weighted by Crippen LogP contribution is -2.32. The fourth-order valence-electron chi connectivity index (χ4n) is 2.49. The number of aliphatic hydroxyl groups is 1. The van der Waals surface area contributed by atoms with Crippen LogP contribution in [0.15, 0.2) is 41.3 Å². The number of aliphatic hydroxyl groups excluding tert-OH is 1. The Hall–Kier alpha value is -3.21. The number of rotatable bonds is 3. The van der Waals surface area contributed by atoms with E-state index in [9.17, 15) is 9.59 Å². The molecule has 0 aliphatic carbocycles. The number of fused-ring (bicyclic) bond motifs is 1. The van der Waals surface area contributed by atoms with E-state index in [1.165, 1.54) is 17.2 Å². The Labute approximate surface area is 159 Å². The zero-order chi connectivity index (χ0) is 19.4. The van der Waals surface area contributed by atoms with Gasteiger partial charge in [-0.2, -0.15) is 5.10 Å². The van der Waals surface area contributed by atoms with Crippen LogP contribution in [0.2, 0.25) is 5.02 Å². The lowest BCUT2D eigenvalue weighted by molar-refractivity contribution is 0.0777. The number of hydrogen-bond acceptors (Lipinski definition) is 5. The van der Waals surface area contributed by atoms with Crippen molar-refractivity contribution in [2.24, 2.45) is 0 Å². The minimum Gasteiger partial charge on any atom is -0.384 e. The molecule has 8 heteroatoms. The second kappa shape index (κ2) is 7.99. The Kier molecular flexibility index (Phi) is 5.50. The van der Waals surface area contributed by atoms with Gasteiger partial charge in [-0.05, 0) is 23.8 Å². The van der Waals surface area contributed by atoms with Crippen LogP contribution in [0.1, 0.15) is 21.6 Å². The maximum absolute atomic E-state index is 12.7. The van der Waals surface area contributed by atoms with Gasteiger partial charge in [0.25, 0.3) is 5.91 Å². The summed E-state index contributed by atoms with van der Waals surface area (Å²) in [5, 5.41) is 16.1. The van der Waals surface area contributed by atoms with E-state index in [1.807, 2.05) is 0 Å². The third kappa shape index (κ3) is 4.14. The van der Waals surface area contributed by atoms with Gasteiger partial charge in [-0.25, -0.2) is 4.98 Å². The number of carbonyl (C=O) groups is 1. The van der Waals surface area contributed by atoms with Crippen LogP contribution in [0.4, 0.5) is 0 Å². The van der Waals surface area contributed by atoms with E-state index >= 15 is 0 Å². The molecule has 136 valence electrons. The average molecular weight is 383 g/mol. The van der Waals surface area contributed by atoms with Crippen molar-refractivity contribution in [2.45, 2.75) is 6.54 Å². The molecule has 0 saturated carbocycles. The summed E-state index contributed by atoms with van der Waals surface area (Å²) in [4.78, 5) is 30.9. The van der Waals surface area contributed by atoms with E-state index in [-0.39, 0.29) is 23.3 Å². The summed E-state index contributed by atoms with van der Waals surface area (Å²) in [5.74, 6) is 4.66. The quantitative estimate of drug-likeness (QED) is 0.670. The van der Waals surface area contributed by atoms with Crippen LogP contribution < -0.4 is 5.43 Å². The van der Waals surface area contributed by atoms with Gasteiger partial charge in [0.2, 0.25) is 5.43 Å². The molecule has 2 heterocycles. The number of H-pyrrole nitrogens is 1. The summed E-state index contributed by atoms with van der Waals surface area (Å²) >= 11 is 5.86. The van der Waals surface area contributed by atoms with Crippen molar-refractivity contribution in [3.05, 3.63) is 68.6 Å². The molecule has 2 N–H and O–H groups in total. The Balaban J connectivity index is 1.92. The maximum Gasteiger partial charge on any atom is 0.278 e. The highest BCUT2D eigenvalue weighted by Crippen LogP contribution is 2.12. The summed E-state index contributed by atoms with van der Waals surface area (Å²) in [6, 6.07) is 8.59. The first-order valence-electron chi connectivity index (χ1n) is 7.97. The van der Waals surface area contributed by atoms with Crippen LogP contribution >= 0.6 is 11.6 Å². The molecule has 1 aromatic carbocycles. The normalized spacial score (nSPS) is 10.3. The highest BCUT2D eigenvalue weighted by Gasteiger charge is 2.19. The van der Waals surface area contributed by atoms with Gasteiger partial charge in [-0.15, -0.1) is 0 Å². The summed E-state index contributed by atoms with van der Waals surface area (Å²) in [6.07, 6.45) is 1.46. The van der Waals surface area contributed by atoms with Crippen LogP contribution in [0.25, 0.3) is 11.0 Å². The zero-order valence-electron chi connectivity index (χ0n) is 14.4. The van der Waals surface area contributed by atoms with Crippen LogP contribution in [0.3, 0.4) is 0 Å². The first kappa shape index (κ1) is 18.6. The summed E-state index contributed by atoms with van der Waals surface area (Å²) in [5.41, 5.74) is 0.827. The van der Waals surface area contributed by atoms with Crippen LogP contribution in [-0.4, -0.2) is 44.7 Å². The van der Waals surface area contributed by atoms with Crippen LogP contribution in [0.5, 0.6) is 0 Å². The molecule has 0 unspecified atom stereocenters. The molecule has 0 radical (unpaired) electrons. The Morgan fingerprint density at radius 3 is 2.78 bits per heavy atom. The lowest BCUT2D eigenvalue weighted by Gasteiger charge is -2.16. The molecule has 0 spiro atoms. The zero-order valence-corrected chi connectivity index (χ0v) is 15.1. The highest BCUT2D eigenvalue weighted by molar-refractivity contribution is 6.30. The van der Waals surface area contributed by atoms with Crippen molar-refractivity contribution in [2.75, 3.05) is 13.7 Å². The number of carbonyl (C=O) groups excluding carboxylic acids is 1. The van der Waals surface area contributed by atoms with E-state index in [2.05, 4.69) is 27.0 Å². The molecule has 0 atom stereocenters. The Bertz CT molecular complexity index is 1110. The fraction of sp³-hybridized carbons (Fsp3) is 0.158. The van der Waals surface area contributed by atoms with Gasteiger partial charge in [0.1, 0.15) is 6.61 Å². The molecular formula is C19H15ClN4O3. The first-order valence-corrected chi connectivity index (χ1v) is 8.35. The van der Waals surface area contributed by atoms with E-state index in [0.717, 1.165) is 5.56 Å². The lowest BCUT2D eigenvalue weighted by atomic mass is 10.2. The molecule has 0 aliphatic rings. The predicted molar refractivity (Wildman–Crippen MR) is 101 cm³/mol. The largest absolute Gasteiger partial charge is 0.384 e. The number of hydrogen-bond donors (Lipinski definition) is 2. The number of amides is 1. The van der Waals surface area contributed by atoms with Crippen molar-refractivity contribution >= 4 is 28.5 Å². The number of aromatic nitrogens is 3. The summed E-state index contributed by atoms with van der Waals surface area (Å²) < 4.78 is 0. The third-order valence-electron chi connectivity index (χ3n) is 3.82. The number of nitrogens with zero attached hydrogens (tertiary/aromatic N) is 3. The standard InChI is InChI=1S/C19H15ClN4O3/c1-24(11-12-4-6-14(20)7-5-12)19(27)16-17(26)15-9-13(3-2-8-25)10-21-18(15)23-22-16/h4-7,9-10,25H,8,11H2,1H3,(H,21,23,26). The molecule has 7 nitrogen and oxygen atoms in total. The van der Waals surface area contributed by atoms with Gasteiger partial charge < -0.3 is 10.0 Å². The van der Waals surface area contributed by atoms with Gasteiger partial charge in [0.05, 0.1) is 5.39 Å². The van der Waals surface area contributed by atoms with Gasteiger partial charge in [0.15, 0.2) is 11.3 Å². The van der Waals surface area contributed by atoms with E-state index in [1.54, 1.807) is 31.3 Å². The highest BCUT2D eigenvalue weighted by atomic mass is 35.5. The molecule has 27 heavy (non-hydrogen) atoms. The molecule has 1 amide bonds. The smallest absolute Gasteiger partial charge is 0.278 e. The predicted octanol–water partition coefficient (Wildman–Crippen LogP) is 1.59. The molecule has 0 saturated heterocycles. The fourth-order valence-corrected chi connectivity index (χ4v) is 2.61. The average Bonchev–Trinajstić information content (AvgIpc) is 2.68. The molecule has 3 rings (SSSR count). The number of halogens is 1. The second-order valence-electron chi connectivity index (χ2n) is 5.77. The van der Waals surface area contributed by atoms with Gasteiger partial charge in [0, 0.05) is 30.4 Å². The van der Waals surface area contributed by atoms with Gasteiger partial charge in [-0.1, -0.05) is 35.6 Å². The monoisotopic (exact) mass is 382 g/mol. The molecular weight excluding hydrogens is 368 g/mol. The number of pyridine rings is 1. The van der Waals surface area contributed by atoms with Crippen molar-refractivity contribution in [3.8, 4) is 11.8 Å². The molecule has 3 aromatic rings. The van der Waals surface area contributed by atoms with Crippen molar-refractivity contribution in [3.63, 3.8) is 0 Å². The van der Waals surface area contributed by atoms with E-state index < -0.39 is 11.3 Å². The maximum atomic E-state index is 12.7. The number of benzene rings is 1. The summed E-state index contributed by atoms with van der Waals surface area (Å²) in [6.45, 7) is -0.000602. The minimum atomic E-state index is -0.531. The topological polar surface area (TPSA) is 99.2 Å². The molecule has 0 fully saturated rings. The van der Waals surface area contributed by atoms with Gasteiger partial charge >= 0.3 is 0 Å². The molecule has 0 aliphatic heterocycles.